The van der Waals surface area contributed by atoms with Crippen LogP contribution >= 0.6 is 0 Å². The Bertz CT molecular complexity index is 308. The molecule has 2 nitrogen and oxygen atoms in total. The van der Waals surface area contributed by atoms with E-state index < -0.39 is 6.10 Å². The molecule has 1 rings (SSSR count). The van der Waals surface area contributed by atoms with Gasteiger partial charge in [0.2, 0.25) is 0 Å². The predicted octanol–water partition coefficient (Wildman–Crippen LogP) is 2.20. The molecule has 0 aliphatic rings. The molecule has 0 aliphatic heterocycles. The van der Waals surface area contributed by atoms with Gasteiger partial charge in [-0.05, 0) is 26.0 Å². The number of ether oxygens (including phenoxy) is 1. The van der Waals surface area contributed by atoms with Gasteiger partial charge < -0.3 is 9.84 Å². The highest BCUT2D eigenvalue weighted by Gasteiger charge is 2.13. The molecule has 1 N–H and O–H groups in total. The number of aliphatic hydroxyl groups excluding tert-OH is 1. The first-order valence-electron chi connectivity index (χ1n) is 4.09. The van der Waals surface area contributed by atoms with E-state index in [-0.39, 0.29) is 5.82 Å². The third kappa shape index (κ3) is 1.80. The van der Waals surface area contributed by atoms with Crippen molar-refractivity contribution in [3.05, 3.63) is 29.1 Å². The Morgan fingerprint density at radius 2 is 2.08 bits per heavy atom. The van der Waals surface area contributed by atoms with E-state index in [0.29, 0.717) is 16.9 Å². The summed E-state index contributed by atoms with van der Waals surface area (Å²) in [4.78, 5) is 0. The minimum absolute atomic E-state index is 0.318. The third-order valence-corrected chi connectivity index (χ3v) is 2.02. The molecule has 1 aromatic rings. The number of aliphatic hydroxyl groups is 1. The van der Waals surface area contributed by atoms with Gasteiger partial charge in [0, 0.05) is 11.1 Å². The van der Waals surface area contributed by atoms with Crippen LogP contribution in [0.1, 0.15) is 24.2 Å². The molecule has 0 radical (unpaired) electrons. The van der Waals surface area contributed by atoms with Crippen LogP contribution in [0.25, 0.3) is 0 Å². The molecule has 0 amide bonds. The molecule has 0 aliphatic carbocycles. The maximum atomic E-state index is 13.0. The molecule has 13 heavy (non-hydrogen) atoms. The van der Waals surface area contributed by atoms with Crippen molar-refractivity contribution in [2.24, 2.45) is 0 Å². The first-order chi connectivity index (χ1) is 6.07. The molecule has 1 aromatic carbocycles. The Kier molecular flexibility index (Phi) is 2.88. The Hall–Kier alpha value is -1.09. The fourth-order valence-corrected chi connectivity index (χ4v) is 1.29. The van der Waals surface area contributed by atoms with Crippen molar-refractivity contribution in [3.63, 3.8) is 0 Å². The largest absolute Gasteiger partial charge is 0.496 e. The lowest BCUT2D eigenvalue weighted by molar-refractivity contribution is 0.194. The summed E-state index contributed by atoms with van der Waals surface area (Å²) in [5.74, 6) is 0.108. The predicted molar refractivity (Wildman–Crippen MR) is 48.3 cm³/mol. The Balaban J connectivity index is 3.30. The molecule has 0 fully saturated rings. The van der Waals surface area contributed by atoms with Crippen molar-refractivity contribution in [1.82, 2.24) is 0 Å². The highest BCUT2D eigenvalue weighted by atomic mass is 19.1. The van der Waals surface area contributed by atoms with Gasteiger partial charge in [-0.2, -0.15) is 0 Å². The average Bonchev–Trinajstić information content (AvgIpc) is 2.09. The van der Waals surface area contributed by atoms with E-state index in [9.17, 15) is 9.50 Å². The summed E-state index contributed by atoms with van der Waals surface area (Å²) in [6.45, 7) is 3.25. The van der Waals surface area contributed by atoms with Crippen LogP contribution in [0.5, 0.6) is 5.75 Å². The van der Waals surface area contributed by atoms with Gasteiger partial charge in [-0.1, -0.05) is 0 Å². The highest BCUT2D eigenvalue weighted by molar-refractivity contribution is 5.42. The second-order valence-corrected chi connectivity index (χ2v) is 2.97. The second-order valence-electron chi connectivity index (χ2n) is 2.97. The van der Waals surface area contributed by atoms with E-state index in [2.05, 4.69) is 0 Å². The first kappa shape index (κ1) is 9.99. The third-order valence-electron chi connectivity index (χ3n) is 2.02. The summed E-state index contributed by atoms with van der Waals surface area (Å²) in [5, 5.41) is 9.35. The Morgan fingerprint density at radius 3 is 2.54 bits per heavy atom. The van der Waals surface area contributed by atoms with Crippen molar-refractivity contribution >= 4 is 0 Å². The molecular weight excluding hydrogens is 171 g/mol. The maximum Gasteiger partial charge on any atom is 0.130 e. The second kappa shape index (κ2) is 3.75. The SMILES string of the molecule is COc1c(C(C)O)ccc(F)c1C. The van der Waals surface area contributed by atoms with E-state index >= 15 is 0 Å². The van der Waals surface area contributed by atoms with E-state index in [1.165, 1.54) is 19.2 Å². The van der Waals surface area contributed by atoms with E-state index in [0.717, 1.165) is 0 Å². The van der Waals surface area contributed by atoms with Crippen LogP contribution in [0.2, 0.25) is 0 Å². The van der Waals surface area contributed by atoms with Crippen LogP contribution < -0.4 is 4.74 Å². The zero-order chi connectivity index (χ0) is 10.0. The lowest BCUT2D eigenvalue weighted by Gasteiger charge is -2.13. The molecule has 1 unspecified atom stereocenters. The van der Waals surface area contributed by atoms with Crippen molar-refractivity contribution in [3.8, 4) is 5.75 Å². The van der Waals surface area contributed by atoms with Gasteiger partial charge in [0.1, 0.15) is 11.6 Å². The quantitative estimate of drug-likeness (QED) is 0.763. The normalized spacial score (nSPS) is 12.7. The van der Waals surface area contributed by atoms with Gasteiger partial charge in [0.05, 0.1) is 13.2 Å². The molecule has 0 saturated carbocycles. The lowest BCUT2D eigenvalue weighted by Crippen LogP contribution is -2.00. The van der Waals surface area contributed by atoms with Crippen molar-refractivity contribution in [2.45, 2.75) is 20.0 Å². The molecular formula is C10H13FO2. The van der Waals surface area contributed by atoms with Gasteiger partial charge >= 0.3 is 0 Å². The van der Waals surface area contributed by atoms with Gasteiger partial charge in [0.15, 0.2) is 0 Å². The number of rotatable bonds is 2. The molecule has 0 aromatic heterocycles. The number of benzene rings is 1. The van der Waals surface area contributed by atoms with Crippen LogP contribution in [0, 0.1) is 12.7 Å². The molecule has 0 heterocycles. The van der Waals surface area contributed by atoms with Gasteiger partial charge in [-0.3, -0.25) is 0 Å². The average molecular weight is 184 g/mol. The summed E-state index contributed by atoms with van der Waals surface area (Å²) in [6, 6.07) is 2.87. The number of methoxy groups -OCH3 is 1. The Morgan fingerprint density at radius 1 is 1.46 bits per heavy atom. The topological polar surface area (TPSA) is 29.5 Å². The zero-order valence-corrected chi connectivity index (χ0v) is 7.97. The van der Waals surface area contributed by atoms with Crippen LogP contribution in [0.3, 0.4) is 0 Å². The zero-order valence-electron chi connectivity index (χ0n) is 7.97. The van der Waals surface area contributed by atoms with Crippen LogP contribution in [-0.2, 0) is 0 Å². The van der Waals surface area contributed by atoms with Crippen LogP contribution in [-0.4, -0.2) is 12.2 Å². The van der Waals surface area contributed by atoms with Crippen LogP contribution in [0.4, 0.5) is 4.39 Å². The van der Waals surface area contributed by atoms with E-state index in [1.54, 1.807) is 13.8 Å². The van der Waals surface area contributed by atoms with E-state index in [1.807, 2.05) is 0 Å². The molecule has 72 valence electrons. The molecule has 1 atom stereocenters. The van der Waals surface area contributed by atoms with Crippen molar-refractivity contribution in [2.75, 3.05) is 7.11 Å². The maximum absolute atomic E-state index is 13.0. The van der Waals surface area contributed by atoms with Gasteiger partial charge in [-0.15, -0.1) is 0 Å². The minimum Gasteiger partial charge on any atom is -0.496 e. The Labute approximate surface area is 77.0 Å². The monoisotopic (exact) mass is 184 g/mol. The standard InChI is InChI=1S/C10H13FO2/c1-6-9(11)5-4-8(7(2)12)10(6)13-3/h4-5,7,12H,1-3H3. The number of hydrogen-bond donors (Lipinski definition) is 1. The summed E-state index contributed by atoms with van der Waals surface area (Å²) >= 11 is 0. The molecule has 0 spiro atoms. The van der Waals surface area contributed by atoms with Gasteiger partial charge in [0.25, 0.3) is 0 Å². The number of hydrogen-bond acceptors (Lipinski definition) is 2. The lowest BCUT2D eigenvalue weighted by atomic mass is 10.1. The minimum atomic E-state index is -0.644. The highest BCUT2D eigenvalue weighted by Crippen LogP contribution is 2.29. The fourth-order valence-electron chi connectivity index (χ4n) is 1.29. The summed E-state index contributed by atoms with van der Waals surface area (Å²) in [6.07, 6.45) is -0.644. The first-order valence-corrected chi connectivity index (χ1v) is 4.09. The summed E-state index contributed by atoms with van der Waals surface area (Å²) in [7, 11) is 1.47. The van der Waals surface area contributed by atoms with E-state index in [4.69, 9.17) is 4.74 Å². The van der Waals surface area contributed by atoms with Crippen molar-refractivity contribution in [1.29, 1.82) is 0 Å². The van der Waals surface area contributed by atoms with Crippen molar-refractivity contribution < 1.29 is 14.2 Å². The fraction of sp³-hybridized carbons (Fsp3) is 0.400. The van der Waals surface area contributed by atoms with Gasteiger partial charge in [-0.25, -0.2) is 4.39 Å². The van der Waals surface area contributed by atoms with Crippen LogP contribution in [0.15, 0.2) is 12.1 Å². The number of halogens is 1. The summed E-state index contributed by atoms with van der Waals surface area (Å²) < 4.78 is 18.1. The molecule has 0 saturated heterocycles. The summed E-state index contributed by atoms with van der Waals surface area (Å²) in [5.41, 5.74) is 1.04. The molecule has 3 heteroatoms. The molecule has 0 bridgehead atoms. The smallest absolute Gasteiger partial charge is 0.130 e.